The summed E-state index contributed by atoms with van der Waals surface area (Å²) in [7, 11) is 0. The van der Waals surface area contributed by atoms with Crippen LogP contribution in [0.5, 0.6) is 0 Å². The quantitative estimate of drug-likeness (QED) is 0.641. The summed E-state index contributed by atoms with van der Waals surface area (Å²) in [5.41, 5.74) is 1.07. The molecule has 3 rings (SSSR count). The van der Waals surface area contributed by atoms with Gasteiger partial charge in [-0.3, -0.25) is 4.79 Å². The third-order valence-corrected chi connectivity index (χ3v) is 3.22. The molecule has 2 aliphatic rings. The maximum Gasteiger partial charge on any atom is 0.185 e. The van der Waals surface area contributed by atoms with Gasteiger partial charge in [0.1, 0.15) is 5.76 Å². The van der Waals surface area contributed by atoms with Crippen LogP contribution in [0, 0.1) is 0 Å². The molecule has 3 nitrogen and oxygen atoms in total. The van der Waals surface area contributed by atoms with Crippen LogP contribution >= 0.6 is 0 Å². The Bertz CT molecular complexity index is 367. The molecule has 0 N–H and O–H groups in total. The zero-order valence-electron chi connectivity index (χ0n) is 7.86. The highest BCUT2D eigenvalue weighted by atomic mass is 16.5. The average molecular weight is 192 g/mol. The first kappa shape index (κ1) is 8.24. The second-order valence-electron chi connectivity index (χ2n) is 4.04. The second-order valence-corrected chi connectivity index (χ2v) is 4.04. The van der Waals surface area contributed by atoms with E-state index in [1.54, 1.807) is 6.07 Å². The Morgan fingerprint density at radius 3 is 3.21 bits per heavy atom. The normalized spacial score (nSPS) is 29.7. The molecule has 1 fully saturated rings. The number of fused-ring (bicyclic) bond motifs is 3. The molecule has 3 heteroatoms. The standard InChI is InChI=1S/C11H12O3/c12-5-8-4-7-6-13-10-3-1-2-9(10)11(7)14-8/h4-5,9-10H,1-3,6H2. The molecule has 2 heterocycles. The minimum absolute atomic E-state index is 0.327. The molecule has 2 atom stereocenters. The van der Waals surface area contributed by atoms with E-state index in [0.717, 1.165) is 30.5 Å². The predicted molar refractivity (Wildman–Crippen MR) is 49.3 cm³/mol. The average Bonchev–Trinajstić information content (AvgIpc) is 2.82. The predicted octanol–water partition coefficient (Wildman–Crippen LogP) is 2.26. The van der Waals surface area contributed by atoms with Gasteiger partial charge in [0.2, 0.25) is 0 Å². The van der Waals surface area contributed by atoms with Gasteiger partial charge in [0.15, 0.2) is 12.0 Å². The molecule has 14 heavy (non-hydrogen) atoms. The van der Waals surface area contributed by atoms with Gasteiger partial charge in [-0.05, 0) is 18.9 Å². The number of ether oxygens (including phenoxy) is 1. The summed E-state index contributed by atoms with van der Waals surface area (Å²) in [5, 5.41) is 0. The van der Waals surface area contributed by atoms with Gasteiger partial charge in [0, 0.05) is 11.5 Å². The van der Waals surface area contributed by atoms with E-state index >= 15 is 0 Å². The SMILES string of the molecule is O=Cc1cc2c(o1)C1CCCC1OC2. The third kappa shape index (κ3) is 1.05. The van der Waals surface area contributed by atoms with E-state index in [0.29, 0.717) is 24.4 Å². The van der Waals surface area contributed by atoms with Gasteiger partial charge in [0.05, 0.1) is 12.7 Å². The van der Waals surface area contributed by atoms with Crippen molar-refractivity contribution in [3.8, 4) is 0 Å². The third-order valence-electron chi connectivity index (χ3n) is 3.22. The summed E-state index contributed by atoms with van der Waals surface area (Å²) < 4.78 is 11.2. The van der Waals surface area contributed by atoms with Crippen LogP contribution in [0.4, 0.5) is 0 Å². The highest BCUT2D eigenvalue weighted by Gasteiger charge is 2.37. The van der Waals surface area contributed by atoms with Crippen LogP contribution in [0.3, 0.4) is 0 Å². The number of aldehydes is 1. The molecule has 1 aliphatic carbocycles. The Kier molecular flexibility index (Phi) is 1.74. The Morgan fingerprint density at radius 2 is 2.36 bits per heavy atom. The van der Waals surface area contributed by atoms with E-state index in [1.165, 1.54) is 6.42 Å². The summed E-state index contributed by atoms with van der Waals surface area (Å²) in [4.78, 5) is 10.6. The number of hydrogen-bond acceptors (Lipinski definition) is 3. The van der Waals surface area contributed by atoms with Gasteiger partial charge in [-0.1, -0.05) is 6.42 Å². The molecule has 1 aliphatic heterocycles. The molecule has 0 radical (unpaired) electrons. The van der Waals surface area contributed by atoms with Gasteiger partial charge in [-0.25, -0.2) is 0 Å². The minimum Gasteiger partial charge on any atom is -0.458 e. The topological polar surface area (TPSA) is 39.4 Å². The Hall–Kier alpha value is -1.09. The molecule has 74 valence electrons. The van der Waals surface area contributed by atoms with E-state index in [9.17, 15) is 4.79 Å². The molecule has 2 unspecified atom stereocenters. The molecular weight excluding hydrogens is 180 g/mol. The van der Waals surface area contributed by atoms with Crippen molar-refractivity contribution < 1.29 is 13.9 Å². The lowest BCUT2D eigenvalue weighted by atomic mass is 9.97. The van der Waals surface area contributed by atoms with Crippen molar-refractivity contribution in [3.63, 3.8) is 0 Å². The fourth-order valence-electron chi connectivity index (χ4n) is 2.57. The highest BCUT2D eigenvalue weighted by molar-refractivity contribution is 5.71. The number of carbonyl (C=O) groups excluding carboxylic acids is 1. The number of carbonyl (C=O) groups is 1. The number of furan rings is 1. The van der Waals surface area contributed by atoms with Crippen molar-refractivity contribution in [1.82, 2.24) is 0 Å². The van der Waals surface area contributed by atoms with Crippen LogP contribution in [0.2, 0.25) is 0 Å². The monoisotopic (exact) mass is 192 g/mol. The molecule has 0 saturated heterocycles. The Balaban J connectivity index is 2.04. The lowest BCUT2D eigenvalue weighted by Crippen LogP contribution is -2.21. The Morgan fingerprint density at radius 1 is 1.43 bits per heavy atom. The molecule has 1 aromatic rings. The van der Waals surface area contributed by atoms with Crippen molar-refractivity contribution in [2.24, 2.45) is 0 Å². The molecule has 1 aromatic heterocycles. The van der Waals surface area contributed by atoms with Crippen LogP contribution in [0.25, 0.3) is 0 Å². The molecule has 0 spiro atoms. The van der Waals surface area contributed by atoms with Crippen LogP contribution < -0.4 is 0 Å². The van der Waals surface area contributed by atoms with Crippen molar-refractivity contribution >= 4 is 6.29 Å². The molecule has 0 bridgehead atoms. The maximum absolute atomic E-state index is 10.6. The smallest absolute Gasteiger partial charge is 0.185 e. The van der Waals surface area contributed by atoms with E-state index in [1.807, 2.05) is 0 Å². The fourth-order valence-corrected chi connectivity index (χ4v) is 2.57. The minimum atomic E-state index is 0.327. The second kappa shape index (κ2) is 2.95. The zero-order valence-corrected chi connectivity index (χ0v) is 7.86. The lowest BCUT2D eigenvalue weighted by molar-refractivity contribution is 0.0144. The van der Waals surface area contributed by atoms with Gasteiger partial charge in [-0.2, -0.15) is 0 Å². The van der Waals surface area contributed by atoms with Gasteiger partial charge < -0.3 is 9.15 Å². The Labute approximate surface area is 82.0 Å². The van der Waals surface area contributed by atoms with Gasteiger partial charge >= 0.3 is 0 Å². The van der Waals surface area contributed by atoms with Crippen molar-refractivity contribution in [2.45, 2.75) is 37.9 Å². The number of rotatable bonds is 1. The fraction of sp³-hybridized carbons (Fsp3) is 0.545. The number of hydrogen-bond donors (Lipinski definition) is 0. The summed E-state index contributed by atoms with van der Waals surface area (Å²) in [6.45, 7) is 0.605. The van der Waals surface area contributed by atoms with Crippen molar-refractivity contribution in [1.29, 1.82) is 0 Å². The van der Waals surface area contributed by atoms with Crippen LogP contribution in [-0.4, -0.2) is 12.4 Å². The summed E-state index contributed by atoms with van der Waals surface area (Å²) in [6, 6.07) is 1.80. The van der Waals surface area contributed by atoms with Gasteiger partial charge in [0.25, 0.3) is 0 Å². The molecule has 0 amide bonds. The molecular formula is C11H12O3. The van der Waals surface area contributed by atoms with Gasteiger partial charge in [-0.15, -0.1) is 0 Å². The van der Waals surface area contributed by atoms with Crippen LogP contribution in [-0.2, 0) is 11.3 Å². The van der Waals surface area contributed by atoms with E-state index in [2.05, 4.69) is 0 Å². The first-order valence-corrected chi connectivity index (χ1v) is 5.08. The maximum atomic E-state index is 10.6. The van der Waals surface area contributed by atoms with E-state index in [4.69, 9.17) is 9.15 Å². The lowest BCUT2D eigenvalue weighted by Gasteiger charge is -2.24. The van der Waals surface area contributed by atoms with E-state index in [-0.39, 0.29) is 0 Å². The first-order chi connectivity index (χ1) is 6.88. The summed E-state index contributed by atoms with van der Waals surface area (Å²) in [6.07, 6.45) is 4.55. The van der Waals surface area contributed by atoms with Crippen LogP contribution in [0.1, 0.15) is 47.1 Å². The van der Waals surface area contributed by atoms with Crippen molar-refractivity contribution in [2.75, 3.05) is 0 Å². The molecule has 1 saturated carbocycles. The van der Waals surface area contributed by atoms with E-state index < -0.39 is 0 Å². The largest absolute Gasteiger partial charge is 0.458 e. The van der Waals surface area contributed by atoms with Crippen molar-refractivity contribution in [3.05, 3.63) is 23.2 Å². The summed E-state index contributed by atoms with van der Waals surface area (Å²) >= 11 is 0. The van der Waals surface area contributed by atoms with Crippen LogP contribution in [0.15, 0.2) is 10.5 Å². The highest BCUT2D eigenvalue weighted by Crippen LogP contribution is 2.42. The summed E-state index contributed by atoms with van der Waals surface area (Å²) in [5.74, 6) is 1.83. The zero-order chi connectivity index (χ0) is 9.54. The molecule has 0 aromatic carbocycles. The first-order valence-electron chi connectivity index (χ1n) is 5.08.